The first-order chi connectivity index (χ1) is 12.9. The minimum atomic E-state index is -1.40. The summed E-state index contributed by atoms with van der Waals surface area (Å²) in [5.74, 6) is -1.43. The zero-order chi connectivity index (χ0) is 19.7. The molecule has 27 heavy (non-hydrogen) atoms. The van der Waals surface area contributed by atoms with E-state index in [0.717, 1.165) is 0 Å². The number of aliphatic hydroxyl groups excluding tert-OH is 4. The van der Waals surface area contributed by atoms with E-state index in [1.165, 1.54) is 10.9 Å². The number of carboxylic acids is 1. The van der Waals surface area contributed by atoms with Crippen molar-refractivity contribution in [2.75, 3.05) is 18.5 Å². The number of rotatable bonds is 7. The van der Waals surface area contributed by atoms with Gasteiger partial charge in [0.1, 0.15) is 24.4 Å². The van der Waals surface area contributed by atoms with Gasteiger partial charge in [-0.25, -0.2) is 9.78 Å². The SMILES string of the molecule is O=C(O)C(CCO)Nc1nc2c(ncn2[C@@H]2O[C@H](CO)[C@@H](O)[C@H]2O)c(=O)[nH]1. The van der Waals surface area contributed by atoms with Gasteiger partial charge in [0, 0.05) is 13.0 Å². The molecule has 5 atom stereocenters. The topological polar surface area (TPSA) is 203 Å². The highest BCUT2D eigenvalue weighted by Gasteiger charge is 2.44. The number of nitrogens with zero attached hydrogens (tertiary/aromatic N) is 3. The van der Waals surface area contributed by atoms with E-state index in [1.54, 1.807) is 0 Å². The molecule has 1 aliphatic rings. The Labute approximate surface area is 150 Å². The van der Waals surface area contributed by atoms with Crippen LogP contribution in [0.25, 0.3) is 11.2 Å². The van der Waals surface area contributed by atoms with Crippen LogP contribution in [0.2, 0.25) is 0 Å². The molecule has 3 rings (SSSR count). The van der Waals surface area contributed by atoms with Gasteiger partial charge in [-0.05, 0) is 0 Å². The molecule has 0 radical (unpaired) electrons. The summed E-state index contributed by atoms with van der Waals surface area (Å²) >= 11 is 0. The van der Waals surface area contributed by atoms with Crippen LogP contribution in [0.1, 0.15) is 12.6 Å². The Hall–Kier alpha value is -2.58. The number of aromatic amines is 1. The fraction of sp³-hybridized carbons (Fsp3) is 0.571. The van der Waals surface area contributed by atoms with Crippen molar-refractivity contribution in [1.29, 1.82) is 0 Å². The van der Waals surface area contributed by atoms with Crippen molar-refractivity contribution in [3.63, 3.8) is 0 Å². The smallest absolute Gasteiger partial charge is 0.326 e. The number of fused-ring (bicyclic) bond motifs is 1. The summed E-state index contributed by atoms with van der Waals surface area (Å²) in [4.78, 5) is 33.8. The lowest BCUT2D eigenvalue weighted by atomic mass is 10.1. The second-order valence-corrected chi connectivity index (χ2v) is 6.01. The molecule has 148 valence electrons. The summed E-state index contributed by atoms with van der Waals surface area (Å²) in [6.45, 7) is -0.916. The summed E-state index contributed by atoms with van der Waals surface area (Å²) in [7, 11) is 0. The maximum atomic E-state index is 12.2. The quantitative estimate of drug-likeness (QED) is 0.255. The number of nitrogens with one attached hydrogen (secondary N) is 2. The highest BCUT2D eigenvalue weighted by molar-refractivity contribution is 5.77. The maximum absolute atomic E-state index is 12.2. The van der Waals surface area contributed by atoms with Crippen molar-refractivity contribution in [1.82, 2.24) is 19.5 Å². The van der Waals surface area contributed by atoms with Crippen LogP contribution in [0.3, 0.4) is 0 Å². The molecule has 1 saturated heterocycles. The molecule has 0 bridgehead atoms. The normalized spacial score (nSPS) is 26.4. The van der Waals surface area contributed by atoms with Crippen LogP contribution < -0.4 is 10.9 Å². The monoisotopic (exact) mass is 385 g/mol. The van der Waals surface area contributed by atoms with Gasteiger partial charge in [0.2, 0.25) is 5.95 Å². The molecule has 0 spiro atoms. The summed E-state index contributed by atoms with van der Waals surface area (Å²) in [6, 6.07) is -1.19. The van der Waals surface area contributed by atoms with Crippen LogP contribution in [0.5, 0.6) is 0 Å². The number of aliphatic carboxylic acids is 1. The Morgan fingerprint density at radius 3 is 2.70 bits per heavy atom. The van der Waals surface area contributed by atoms with E-state index < -0.39 is 55.3 Å². The van der Waals surface area contributed by atoms with Gasteiger partial charge in [-0.15, -0.1) is 0 Å². The Morgan fingerprint density at radius 2 is 2.11 bits per heavy atom. The molecule has 0 amide bonds. The highest BCUT2D eigenvalue weighted by atomic mass is 16.6. The van der Waals surface area contributed by atoms with E-state index in [0.29, 0.717) is 0 Å². The van der Waals surface area contributed by atoms with Gasteiger partial charge in [-0.3, -0.25) is 14.3 Å². The molecule has 13 heteroatoms. The van der Waals surface area contributed by atoms with Crippen LogP contribution in [-0.2, 0) is 9.53 Å². The number of aliphatic hydroxyl groups is 4. The molecule has 3 heterocycles. The van der Waals surface area contributed by atoms with Crippen molar-refractivity contribution >= 4 is 23.1 Å². The molecule has 13 nitrogen and oxygen atoms in total. The van der Waals surface area contributed by atoms with Crippen LogP contribution in [0, 0.1) is 0 Å². The molecule has 0 aliphatic carbocycles. The summed E-state index contributed by atoms with van der Waals surface area (Å²) in [5, 5.41) is 49.8. The van der Waals surface area contributed by atoms with E-state index in [4.69, 9.17) is 14.9 Å². The third-order valence-electron chi connectivity index (χ3n) is 4.25. The predicted molar refractivity (Wildman–Crippen MR) is 87.9 cm³/mol. The summed E-state index contributed by atoms with van der Waals surface area (Å²) in [5.41, 5.74) is -0.780. The Morgan fingerprint density at radius 1 is 1.37 bits per heavy atom. The van der Waals surface area contributed by atoms with Gasteiger partial charge in [0.25, 0.3) is 5.56 Å². The molecule has 2 aromatic heterocycles. The van der Waals surface area contributed by atoms with Crippen molar-refractivity contribution < 1.29 is 35.1 Å². The maximum Gasteiger partial charge on any atom is 0.326 e. The molecule has 2 aromatic rings. The van der Waals surface area contributed by atoms with E-state index in [-0.39, 0.29) is 23.5 Å². The fourth-order valence-electron chi connectivity index (χ4n) is 2.84. The zero-order valence-electron chi connectivity index (χ0n) is 13.9. The first-order valence-electron chi connectivity index (χ1n) is 8.06. The average molecular weight is 385 g/mol. The Balaban J connectivity index is 1.98. The number of H-pyrrole nitrogens is 1. The van der Waals surface area contributed by atoms with Crippen molar-refractivity contribution in [3.8, 4) is 0 Å². The van der Waals surface area contributed by atoms with Crippen molar-refractivity contribution in [3.05, 3.63) is 16.7 Å². The van der Waals surface area contributed by atoms with E-state index >= 15 is 0 Å². The number of aromatic nitrogens is 4. The second kappa shape index (κ2) is 7.58. The highest BCUT2D eigenvalue weighted by Crippen LogP contribution is 2.30. The molecule has 7 N–H and O–H groups in total. The van der Waals surface area contributed by atoms with E-state index in [1.807, 2.05) is 0 Å². The number of imidazole rings is 1. The first-order valence-corrected chi connectivity index (χ1v) is 8.06. The molecule has 0 aromatic carbocycles. The van der Waals surface area contributed by atoms with E-state index in [2.05, 4.69) is 20.3 Å². The number of hydrogen-bond donors (Lipinski definition) is 7. The number of hydrogen-bond acceptors (Lipinski definition) is 10. The molecule has 0 saturated carbocycles. The van der Waals surface area contributed by atoms with Gasteiger partial charge in [0.05, 0.1) is 12.9 Å². The van der Waals surface area contributed by atoms with Crippen LogP contribution in [0.15, 0.2) is 11.1 Å². The lowest BCUT2D eigenvalue weighted by Crippen LogP contribution is -2.33. The lowest BCUT2D eigenvalue weighted by Gasteiger charge is -2.17. The third kappa shape index (κ3) is 3.50. The predicted octanol–water partition coefficient (Wildman–Crippen LogP) is -3.02. The fourth-order valence-corrected chi connectivity index (χ4v) is 2.84. The molecule has 1 fully saturated rings. The standard InChI is InChI=1S/C14H19N5O8/c20-2-1-5(13(25)26)16-14-17-10-7(11(24)18-14)15-4-19(10)12-9(23)8(22)6(3-21)27-12/h4-6,8-9,12,20-23H,1-3H2,(H,25,26)(H2,16,17,18,24)/t5?,6-,8-,9-,12-/m1/s1. The van der Waals surface area contributed by atoms with Gasteiger partial charge in [0.15, 0.2) is 17.4 Å². The minimum Gasteiger partial charge on any atom is -0.480 e. The van der Waals surface area contributed by atoms with Gasteiger partial charge < -0.3 is 35.6 Å². The summed E-state index contributed by atoms with van der Waals surface area (Å²) < 4.78 is 6.61. The third-order valence-corrected chi connectivity index (χ3v) is 4.25. The van der Waals surface area contributed by atoms with Crippen LogP contribution in [0.4, 0.5) is 5.95 Å². The first kappa shape index (κ1) is 19.2. The number of ether oxygens (including phenoxy) is 1. The zero-order valence-corrected chi connectivity index (χ0v) is 13.9. The number of anilines is 1. The van der Waals surface area contributed by atoms with Crippen molar-refractivity contribution in [2.24, 2.45) is 0 Å². The average Bonchev–Trinajstić information content (AvgIpc) is 3.16. The van der Waals surface area contributed by atoms with Gasteiger partial charge in [-0.1, -0.05) is 0 Å². The second-order valence-electron chi connectivity index (χ2n) is 6.01. The Bertz CT molecular complexity index is 882. The Kier molecular flexibility index (Phi) is 5.38. The van der Waals surface area contributed by atoms with Gasteiger partial charge in [-0.2, -0.15) is 4.98 Å². The number of carboxylic acid groups (broad SMARTS) is 1. The van der Waals surface area contributed by atoms with Crippen molar-refractivity contribution in [2.45, 2.75) is 37.0 Å². The van der Waals surface area contributed by atoms with Gasteiger partial charge >= 0.3 is 5.97 Å². The lowest BCUT2D eigenvalue weighted by molar-refractivity contribution is -0.138. The molecular formula is C14H19N5O8. The van der Waals surface area contributed by atoms with Crippen LogP contribution >= 0.6 is 0 Å². The minimum absolute atomic E-state index is 0.0239. The van der Waals surface area contributed by atoms with Crippen LogP contribution in [-0.4, -0.2) is 88.6 Å². The van der Waals surface area contributed by atoms with E-state index in [9.17, 15) is 24.9 Å². The molecule has 1 unspecified atom stereocenters. The molecular weight excluding hydrogens is 366 g/mol. The molecule has 1 aliphatic heterocycles. The largest absolute Gasteiger partial charge is 0.480 e. The number of carbonyl (C=O) groups is 1. The summed E-state index contributed by atoms with van der Waals surface area (Å²) in [6.07, 6.45) is -3.87.